The summed E-state index contributed by atoms with van der Waals surface area (Å²) in [4.78, 5) is 8.97. The van der Waals surface area contributed by atoms with Crippen molar-refractivity contribution < 1.29 is 4.39 Å². The molecule has 5 heteroatoms. The highest BCUT2D eigenvalue weighted by molar-refractivity contribution is 6.31. The van der Waals surface area contributed by atoms with Crippen molar-refractivity contribution in [2.45, 2.75) is 19.9 Å². The monoisotopic (exact) mass is 333 g/mol. The van der Waals surface area contributed by atoms with Gasteiger partial charge >= 0.3 is 0 Å². The number of benzene rings is 1. The van der Waals surface area contributed by atoms with E-state index in [4.69, 9.17) is 11.6 Å². The number of pyridine rings is 1. The van der Waals surface area contributed by atoms with Gasteiger partial charge in [-0.05, 0) is 42.7 Å². The van der Waals surface area contributed by atoms with Gasteiger partial charge in [0.1, 0.15) is 5.82 Å². The Morgan fingerprint density at radius 3 is 2.83 bits per heavy atom. The molecule has 1 aliphatic heterocycles. The van der Waals surface area contributed by atoms with Crippen molar-refractivity contribution in [3.63, 3.8) is 0 Å². The van der Waals surface area contributed by atoms with Gasteiger partial charge in [-0.2, -0.15) is 0 Å². The minimum absolute atomic E-state index is 0.283. The third kappa shape index (κ3) is 4.01. The van der Waals surface area contributed by atoms with Crippen LogP contribution in [0.25, 0.3) is 0 Å². The number of aromatic nitrogens is 1. The molecule has 0 atom stereocenters. The summed E-state index contributed by atoms with van der Waals surface area (Å²) in [6, 6.07) is 6.74. The van der Waals surface area contributed by atoms with Gasteiger partial charge in [0.25, 0.3) is 0 Å². The lowest BCUT2D eigenvalue weighted by Crippen LogP contribution is -2.30. The average molecular weight is 334 g/mol. The lowest BCUT2D eigenvalue weighted by molar-refractivity contribution is 0.285. The van der Waals surface area contributed by atoms with Crippen LogP contribution in [0.2, 0.25) is 5.02 Å². The summed E-state index contributed by atoms with van der Waals surface area (Å²) in [5.74, 6) is -0.283. The molecular weight excluding hydrogens is 313 g/mol. The zero-order valence-corrected chi connectivity index (χ0v) is 14.1. The van der Waals surface area contributed by atoms with E-state index < -0.39 is 0 Å². The molecule has 0 radical (unpaired) electrons. The molecule has 0 amide bonds. The fourth-order valence-corrected chi connectivity index (χ4v) is 3.31. The maximum Gasteiger partial charge on any atom is 0.124 e. The van der Waals surface area contributed by atoms with Gasteiger partial charge in [0.05, 0.1) is 0 Å². The van der Waals surface area contributed by atoms with Gasteiger partial charge < -0.3 is 4.90 Å². The third-order valence-corrected chi connectivity index (χ3v) is 4.68. The van der Waals surface area contributed by atoms with Gasteiger partial charge in [0, 0.05) is 55.8 Å². The molecular formula is C18H21ClFN3. The van der Waals surface area contributed by atoms with E-state index in [0.717, 1.165) is 44.7 Å². The van der Waals surface area contributed by atoms with Gasteiger partial charge in [-0.15, -0.1) is 0 Å². The summed E-state index contributed by atoms with van der Waals surface area (Å²) >= 11 is 6.15. The molecule has 3 nitrogen and oxygen atoms in total. The molecule has 0 spiro atoms. The lowest BCUT2D eigenvalue weighted by Gasteiger charge is -2.25. The molecule has 3 rings (SSSR count). The summed E-state index contributed by atoms with van der Waals surface area (Å²) in [5, 5.41) is 0.510. The molecule has 0 saturated carbocycles. The Hall–Kier alpha value is -1.65. The van der Waals surface area contributed by atoms with E-state index in [2.05, 4.69) is 27.8 Å². The SMILES string of the molecule is Cc1cnccc1N1CCCN(Cc2ccc(F)cc2Cl)CC1. The van der Waals surface area contributed by atoms with Crippen LogP contribution in [0.1, 0.15) is 17.5 Å². The molecule has 1 aromatic heterocycles. The van der Waals surface area contributed by atoms with Crippen LogP contribution in [0.4, 0.5) is 10.1 Å². The van der Waals surface area contributed by atoms with Crippen molar-refractivity contribution in [3.8, 4) is 0 Å². The van der Waals surface area contributed by atoms with E-state index in [-0.39, 0.29) is 5.82 Å². The molecule has 0 unspecified atom stereocenters. The maximum absolute atomic E-state index is 13.2. The molecule has 1 saturated heterocycles. The first kappa shape index (κ1) is 16.2. The van der Waals surface area contributed by atoms with Crippen LogP contribution in [-0.4, -0.2) is 36.1 Å². The number of hydrogen-bond donors (Lipinski definition) is 0. The van der Waals surface area contributed by atoms with E-state index in [9.17, 15) is 4.39 Å². The van der Waals surface area contributed by atoms with Crippen LogP contribution in [0.3, 0.4) is 0 Å². The summed E-state index contributed by atoms with van der Waals surface area (Å²) < 4.78 is 13.2. The molecule has 2 aromatic rings. The quantitative estimate of drug-likeness (QED) is 0.849. The Kier molecular flexibility index (Phi) is 5.13. The van der Waals surface area contributed by atoms with Crippen LogP contribution in [-0.2, 0) is 6.54 Å². The van der Waals surface area contributed by atoms with Gasteiger partial charge in [0.15, 0.2) is 0 Å². The van der Waals surface area contributed by atoms with Crippen molar-refractivity contribution in [2.24, 2.45) is 0 Å². The summed E-state index contributed by atoms with van der Waals surface area (Å²) in [6.07, 6.45) is 4.86. The summed E-state index contributed by atoms with van der Waals surface area (Å²) in [7, 11) is 0. The molecule has 23 heavy (non-hydrogen) atoms. The highest BCUT2D eigenvalue weighted by atomic mass is 35.5. The van der Waals surface area contributed by atoms with E-state index in [1.165, 1.54) is 23.4 Å². The minimum atomic E-state index is -0.283. The summed E-state index contributed by atoms with van der Waals surface area (Å²) in [5.41, 5.74) is 3.46. The molecule has 1 fully saturated rings. The number of halogens is 2. The van der Waals surface area contributed by atoms with Crippen molar-refractivity contribution in [2.75, 3.05) is 31.1 Å². The van der Waals surface area contributed by atoms with Crippen molar-refractivity contribution in [1.29, 1.82) is 0 Å². The first-order valence-corrected chi connectivity index (χ1v) is 8.33. The number of anilines is 1. The highest BCUT2D eigenvalue weighted by Crippen LogP contribution is 2.22. The lowest BCUT2D eigenvalue weighted by atomic mass is 10.2. The maximum atomic E-state index is 13.2. The predicted molar refractivity (Wildman–Crippen MR) is 92.5 cm³/mol. The van der Waals surface area contributed by atoms with Crippen LogP contribution in [0, 0.1) is 12.7 Å². The predicted octanol–water partition coefficient (Wildman–Crippen LogP) is 3.89. The Bertz CT molecular complexity index is 677. The van der Waals surface area contributed by atoms with Gasteiger partial charge in [-0.3, -0.25) is 9.88 Å². The van der Waals surface area contributed by atoms with Crippen molar-refractivity contribution in [3.05, 3.63) is 58.6 Å². The number of aryl methyl sites for hydroxylation is 1. The van der Waals surface area contributed by atoms with Gasteiger partial charge in [-0.25, -0.2) is 4.39 Å². The normalized spacial score (nSPS) is 16.4. The van der Waals surface area contributed by atoms with E-state index in [1.54, 1.807) is 6.07 Å². The Balaban J connectivity index is 1.66. The molecule has 2 heterocycles. The molecule has 0 N–H and O–H groups in total. The van der Waals surface area contributed by atoms with Crippen LogP contribution < -0.4 is 4.90 Å². The average Bonchev–Trinajstić information content (AvgIpc) is 2.76. The van der Waals surface area contributed by atoms with E-state index in [1.807, 2.05) is 12.4 Å². The van der Waals surface area contributed by atoms with Crippen molar-refractivity contribution >= 4 is 17.3 Å². The minimum Gasteiger partial charge on any atom is -0.370 e. The van der Waals surface area contributed by atoms with Gasteiger partial charge in [-0.1, -0.05) is 17.7 Å². The fourth-order valence-electron chi connectivity index (χ4n) is 3.08. The summed E-state index contributed by atoms with van der Waals surface area (Å²) in [6.45, 7) is 6.87. The molecule has 122 valence electrons. The molecule has 1 aliphatic rings. The largest absolute Gasteiger partial charge is 0.370 e. The Morgan fingerprint density at radius 2 is 2.04 bits per heavy atom. The fraction of sp³-hybridized carbons (Fsp3) is 0.389. The standard InChI is InChI=1S/C18H21ClFN3/c1-14-12-21-6-5-18(14)23-8-2-7-22(9-10-23)13-15-3-4-16(20)11-17(15)19/h3-6,11-12H,2,7-10,13H2,1H3. The second-order valence-electron chi connectivity index (χ2n) is 6.01. The topological polar surface area (TPSA) is 19.4 Å². The zero-order valence-electron chi connectivity index (χ0n) is 13.3. The number of nitrogens with zero attached hydrogens (tertiary/aromatic N) is 3. The van der Waals surface area contributed by atoms with E-state index >= 15 is 0 Å². The zero-order chi connectivity index (χ0) is 16.2. The van der Waals surface area contributed by atoms with Gasteiger partial charge in [0.2, 0.25) is 0 Å². The van der Waals surface area contributed by atoms with Crippen molar-refractivity contribution in [1.82, 2.24) is 9.88 Å². The highest BCUT2D eigenvalue weighted by Gasteiger charge is 2.17. The molecule has 0 aliphatic carbocycles. The third-order valence-electron chi connectivity index (χ3n) is 4.33. The Morgan fingerprint density at radius 1 is 1.17 bits per heavy atom. The van der Waals surface area contributed by atoms with Crippen LogP contribution >= 0.6 is 11.6 Å². The van der Waals surface area contributed by atoms with Crippen LogP contribution in [0.5, 0.6) is 0 Å². The second kappa shape index (κ2) is 7.28. The van der Waals surface area contributed by atoms with Crippen LogP contribution in [0.15, 0.2) is 36.7 Å². The molecule has 0 bridgehead atoms. The molecule has 1 aromatic carbocycles. The Labute approximate surface area is 141 Å². The number of rotatable bonds is 3. The smallest absolute Gasteiger partial charge is 0.124 e. The first-order valence-electron chi connectivity index (χ1n) is 7.95. The number of hydrogen-bond acceptors (Lipinski definition) is 3. The van der Waals surface area contributed by atoms with E-state index in [0.29, 0.717) is 5.02 Å². The first-order chi connectivity index (χ1) is 11.1. The second-order valence-corrected chi connectivity index (χ2v) is 6.42.